The molecule has 0 radical (unpaired) electrons. The fourth-order valence-electron chi connectivity index (χ4n) is 3.62. The quantitative estimate of drug-likeness (QED) is 0.706. The van der Waals surface area contributed by atoms with Crippen molar-refractivity contribution in [1.82, 2.24) is 4.90 Å². The molecule has 2 aromatic rings. The number of nitrogens with zero attached hydrogens (tertiary/aromatic N) is 1. The summed E-state index contributed by atoms with van der Waals surface area (Å²) in [6.07, 6.45) is 1.84. The molecule has 156 valence electrons. The van der Waals surface area contributed by atoms with Crippen molar-refractivity contribution in [2.75, 3.05) is 41.0 Å². The van der Waals surface area contributed by atoms with Gasteiger partial charge in [0.2, 0.25) is 5.75 Å². The van der Waals surface area contributed by atoms with Crippen LogP contribution in [0.4, 0.5) is 0 Å². The van der Waals surface area contributed by atoms with Crippen LogP contribution < -0.4 is 18.9 Å². The van der Waals surface area contributed by atoms with Crippen LogP contribution in [0.2, 0.25) is 0 Å². The van der Waals surface area contributed by atoms with Gasteiger partial charge >= 0.3 is 0 Å². The van der Waals surface area contributed by atoms with Gasteiger partial charge in [0.25, 0.3) is 5.91 Å². The first-order chi connectivity index (χ1) is 14.1. The van der Waals surface area contributed by atoms with Crippen LogP contribution in [0.25, 0.3) is 0 Å². The fourth-order valence-corrected chi connectivity index (χ4v) is 3.62. The van der Waals surface area contributed by atoms with Crippen molar-refractivity contribution < 1.29 is 23.7 Å². The number of methoxy groups -OCH3 is 3. The summed E-state index contributed by atoms with van der Waals surface area (Å²) < 4.78 is 22.1. The first-order valence-corrected chi connectivity index (χ1v) is 9.85. The first-order valence-electron chi connectivity index (χ1n) is 9.85. The minimum absolute atomic E-state index is 0.0254. The standard InChI is InChI=1S/C23H29NO5/c1-16-7-5-6-8-19(16)29-15-17-9-11-24(12-10-17)23(25)18-13-20(26-2)22(28-4)21(14-18)27-3/h5-8,13-14,17H,9-12,15H2,1-4H3. The van der Waals surface area contributed by atoms with Crippen molar-refractivity contribution in [1.29, 1.82) is 0 Å². The highest BCUT2D eigenvalue weighted by molar-refractivity contribution is 5.95. The highest BCUT2D eigenvalue weighted by Gasteiger charge is 2.26. The van der Waals surface area contributed by atoms with E-state index in [0.29, 0.717) is 48.4 Å². The van der Waals surface area contributed by atoms with E-state index in [1.165, 1.54) is 0 Å². The van der Waals surface area contributed by atoms with Gasteiger partial charge in [-0.2, -0.15) is 0 Å². The molecule has 0 N–H and O–H groups in total. The molecule has 0 atom stereocenters. The van der Waals surface area contributed by atoms with Crippen LogP contribution in [-0.2, 0) is 0 Å². The van der Waals surface area contributed by atoms with Crippen LogP contribution in [0.15, 0.2) is 36.4 Å². The zero-order valence-corrected chi connectivity index (χ0v) is 17.6. The molecule has 0 spiro atoms. The number of aryl methyl sites for hydroxylation is 1. The van der Waals surface area contributed by atoms with Gasteiger partial charge in [0.1, 0.15) is 5.75 Å². The lowest BCUT2D eigenvalue weighted by molar-refractivity contribution is 0.0660. The SMILES string of the molecule is COc1cc(C(=O)N2CCC(COc3ccccc3C)CC2)cc(OC)c1OC. The Morgan fingerprint density at radius 2 is 1.59 bits per heavy atom. The molecule has 6 nitrogen and oxygen atoms in total. The number of carbonyl (C=O) groups excluding carboxylic acids is 1. The molecule has 1 aliphatic heterocycles. The number of para-hydroxylation sites is 1. The maximum Gasteiger partial charge on any atom is 0.254 e. The number of likely N-dealkylation sites (tertiary alicyclic amines) is 1. The monoisotopic (exact) mass is 399 g/mol. The largest absolute Gasteiger partial charge is 0.493 e. The Morgan fingerprint density at radius 3 is 2.14 bits per heavy atom. The Bertz CT molecular complexity index is 818. The maximum absolute atomic E-state index is 13.0. The molecule has 0 bridgehead atoms. The van der Waals surface area contributed by atoms with Gasteiger partial charge in [-0.15, -0.1) is 0 Å². The van der Waals surface area contributed by atoms with Gasteiger partial charge in [-0.3, -0.25) is 4.79 Å². The van der Waals surface area contributed by atoms with Gasteiger partial charge in [0.05, 0.1) is 27.9 Å². The molecule has 2 aromatic carbocycles. The molecule has 0 aliphatic carbocycles. The number of piperidine rings is 1. The maximum atomic E-state index is 13.0. The lowest BCUT2D eigenvalue weighted by atomic mass is 9.97. The molecule has 1 aliphatic rings. The Labute approximate surface area is 172 Å². The van der Waals surface area contributed by atoms with Crippen molar-refractivity contribution in [3.05, 3.63) is 47.5 Å². The van der Waals surface area contributed by atoms with Crippen molar-refractivity contribution >= 4 is 5.91 Å². The summed E-state index contributed by atoms with van der Waals surface area (Å²) in [5, 5.41) is 0. The molecule has 0 aromatic heterocycles. The van der Waals surface area contributed by atoms with E-state index in [4.69, 9.17) is 18.9 Å². The van der Waals surface area contributed by atoms with E-state index in [1.54, 1.807) is 33.5 Å². The number of rotatable bonds is 7. The second kappa shape index (κ2) is 9.54. The number of ether oxygens (including phenoxy) is 4. The number of hydrogen-bond acceptors (Lipinski definition) is 5. The molecular weight excluding hydrogens is 370 g/mol. The van der Waals surface area contributed by atoms with Crippen LogP contribution >= 0.6 is 0 Å². The van der Waals surface area contributed by atoms with Crippen molar-refractivity contribution in [3.63, 3.8) is 0 Å². The van der Waals surface area contributed by atoms with E-state index < -0.39 is 0 Å². The molecule has 6 heteroatoms. The van der Waals surface area contributed by atoms with E-state index in [-0.39, 0.29) is 5.91 Å². The van der Waals surface area contributed by atoms with Crippen LogP contribution in [0, 0.1) is 12.8 Å². The van der Waals surface area contributed by atoms with Crippen LogP contribution in [-0.4, -0.2) is 51.8 Å². The van der Waals surface area contributed by atoms with Crippen molar-refractivity contribution in [2.45, 2.75) is 19.8 Å². The smallest absolute Gasteiger partial charge is 0.254 e. The third-order valence-corrected chi connectivity index (χ3v) is 5.38. The normalized spacial score (nSPS) is 14.4. The Kier molecular flexibility index (Phi) is 6.86. The summed E-state index contributed by atoms with van der Waals surface area (Å²) in [4.78, 5) is 14.9. The summed E-state index contributed by atoms with van der Waals surface area (Å²) in [6.45, 7) is 4.14. The Hall–Kier alpha value is -2.89. The summed E-state index contributed by atoms with van der Waals surface area (Å²) in [6, 6.07) is 11.5. The number of benzene rings is 2. The van der Waals surface area contributed by atoms with Crippen molar-refractivity contribution in [3.8, 4) is 23.0 Å². The van der Waals surface area contributed by atoms with E-state index in [2.05, 4.69) is 0 Å². The van der Waals surface area contributed by atoms with Gasteiger partial charge in [-0.05, 0) is 49.4 Å². The summed E-state index contributed by atoms with van der Waals surface area (Å²) in [5.41, 5.74) is 1.68. The molecule has 0 unspecified atom stereocenters. The number of carbonyl (C=O) groups is 1. The lowest BCUT2D eigenvalue weighted by Crippen LogP contribution is -2.39. The highest BCUT2D eigenvalue weighted by atomic mass is 16.5. The Morgan fingerprint density at radius 1 is 0.966 bits per heavy atom. The molecule has 1 saturated heterocycles. The van der Waals surface area contributed by atoms with E-state index >= 15 is 0 Å². The highest BCUT2D eigenvalue weighted by Crippen LogP contribution is 2.38. The third-order valence-electron chi connectivity index (χ3n) is 5.38. The predicted octanol–water partition coefficient (Wildman–Crippen LogP) is 3.95. The minimum atomic E-state index is -0.0254. The minimum Gasteiger partial charge on any atom is -0.493 e. The zero-order valence-electron chi connectivity index (χ0n) is 17.6. The van der Waals surface area contributed by atoms with Crippen molar-refractivity contribution in [2.24, 2.45) is 5.92 Å². The van der Waals surface area contributed by atoms with Gasteiger partial charge in [-0.1, -0.05) is 18.2 Å². The van der Waals surface area contributed by atoms with Gasteiger partial charge in [0.15, 0.2) is 11.5 Å². The summed E-state index contributed by atoms with van der Waals surface area (Å²) >= 11 is 0. The summed E-state index contributed by atoms with van der Waals surface area (Å²) in [5.74, 6) is 2.80. The average Bonchev–Trinajstić information content (AvgIpc) is 2.77. The van der Waals surface area contributed by atoms with E-state index in [1.807, 2.05) is 36.1 Å². The van der Waals surface area contributed by atoms with Gasteiger partial charge in [0, 0.05) is 18.7 Å². The first kappa shape index (κ1) is 20.8. The van der Waals surface area contributed by atoms with Crippen LogP contribution in [0.3, 0.4) is 0 Å². The van der Waals surface area contributed by atoms with Crippen LogP contribution in [0.1, 0.15) is 28.8 Å². The molecule has 3 rings (SSSR count). The third kappa shape index (κ3) is 4.75. The molecule has 29 heavy (non-hydrogen) atoms. The second-order valence-electron chi connectivity index (χ2n) is 7.23. The zero-order chi connectivity index (χ0) is 20.8. The molecular formula is C23H29NO5. The van der Waals surface area contributed by atoms with E-state index in [0.717, 1.165) is 24.2 Å². The van der Waals surface area contributed by atoms with Gasteiger partial charge in [-0.25, -0.2) is 0 Å². The average molecular weight is 399 g/mol. The van der Waals surface area contributed by atoms with E-state index in [9.17, 15) is 4.79 Å². The molecule has 0 saturated carbocycles. The molecule has 1 heterocycles. The predicted molar refractivity (Wildman–Crippen MR) is 111 cm³/mol. The topological polar surface area (TPSA) is 57.2 Å². The molecule has 1 amide bonds. The number of hydrogen-bond donors (Lipinski definition) is 0. The Balaban J connectivity index is 1.61. The second-order valence-corrected chi connectivity index (χ2v) is 7.23. The number of amides is 1. The van der Waals surface area contributed by atoms with Crippen LogP contribution in [0.5, 0.6) is 23.0 Å². The lowest BCUT2D eigenvalue weighted by Gasteiger charge is -2.32. The van der Waals surface area contributed by atoms with Gasteiger partial charge < -0.3 is 23.8 Å². The molecule has 1 fully saturated rings. The fraction of sp³-hybridized carbons (Fsp3) is 0.435. The summed E-state index contributed by atoms with van der Waals surface area (Å²) in [7, 11) is 4.64.